The largest absolute Gasteiger partial charge is 0.371 e. The molecule has 104 valence electrons. The van der Waals surface area contributed by atoms with E-state index in [0.717, 1.165) is 13.1 Å². The van der Waals surface area contributed by atoms with Gasteiger partial charge in [-0.3, -0.25) is 0 Å². The molecule has 1 aliphatic rings. The summed E-state index contributed by atoms with van der Waals surface area (Å²) in [5.41, 5.74) is 10.1. The number of nitrogens with zero attached hydrogens (tertiary/aromatic N) is 1. The Hall–Kier alpha value is -1.80. The van der Waals surface area contributed by atoms with Crippen LogP contribution < -0.4 is 10.6 Å². The molecule has 3 rings (SSSR count). The minimum absolute atomic E-state index is 0.0852. The summed E-state index contributed by atoms with van der Waals surface area (Å²) in [6.07, 6.45) is 1.22. The maximum absolute atomic E-state index is 6.10. The average Bonchev–Trinajstić information content (AvgIpc) is 2.98. The maximum Gasteiger partial charge on any atom is 0.0414 e. The van der Waals surface area contributed by atoms with E-state index in [1.165, 1.54) is 23.2 Å². The van der Waals surface area contributed by atoms with Gasteiger partial charge in [-0.05, 0) is 30.5 Å². The molecule has 0 spiro atoms. The summed E-state index contributed by atoms with van der Waals surface area (Å²) < 4.78 is 0. The Morgan fingerprint density at radius 1 is 1.05 bits per heavy atom. The van der Waals surface area contributed by atoms with Gasteiger partial charge >= 0.3 is 0 Å². The highest BCUT2D eigenvalue weighted by atomic mass is 15.2. The molecule has 2 atom stereocenters. The lowest BCUT2D eigenvalue weighted by atomic mass is 9.99. The molecule has 2 aromatic rings. The summed E-state index contributed by atoms with van der Waals surface area (Å²) in [6, 6.07) is 19.5. The van der Waals surface area contributed by atoms with E-state index in [-0.39, 0.29) is 6.04 Å². The third-order valence-electron chi connectivity index (χ3n) is 4.23. The number of anilines is 1. The summed E-state index contributed by atoms with van der Waals surface area (Å²) in [6.45, 7) is 4.26. The molecule has 1 fully saturated rings. The summed E-state index contributed by atoms with van der Waals surface area (Å²) in [5, 5.41) is 0. The van der Waals surface area contributed by atoms with Crippen molar-refractivity contribution < 1.29 is 0 Å². The lowest BCUT2D eigenvalue weighted by Gasteiger charge is -2.23. The van der Waals surface area contributed by atoms with Crippen LogP contribution in [0.2, 0.25) is 0 Å². The second-order valence-electron chi connectivity index (χ2n) is 5.69. The molecular formula is C18H22N2. The normalized spacial score (nSPS) is 20.1. The van der Waals surface area contributed by atoms with E-state index in [2.05, 4.69) is 66.4 Å². The molecule has 2 nitrogen and oxygen atoms in total. The number of para-hydroxylation sites is 1. The van der Waals surface area contributed by atoms with Crippen LogP contribution in [0.4, 0.5) is 5.69 Å². The van der Waals surface area contributed by atoms with Crippen LogP contribution in [-0.2, 0) is 0 Å². The van der Waals surface area contributed by atoms with Crippen LogP contribution in [0.5, 0.6) is 0 Å². The fraction of sp³-hybridized carbons (Fsp3) is 0.333. The molecule has 2 unspecified atom stereocenters. The molecule has 20 heavy (non-hydrogen) atoms. The zero-order valence-corrected chi connectivity index (χ0v) is 12.0. The Bertz CT molecular complexity index is 563. The molecule has 0 bridgehead atoms. The van der Waals surface area contributed by atoms with Gasteiger partial charge in [-0.2, -0.15) is 0 Å². The fourth-order valence-corrected chi connectivity index (χ4v) is 3.14. The number of rotatable bonds is 3. The van der Waals surface area contributed by atoms with Crippen LogP contribution in [0.3, 0.4) is 0 Å². The second-order valence-corrected chi connectivity index (χ2v) is 5.69. The number of nitrogens with two attached hydrogens (primary N) is 1. The SMILES string of the molecule is CC(N)c1ccccc1N1CCC(c2ccccc2)C1. The molecule has 2 N–H and O–H groups in total. The van der Waals surface area contributed by atoms with Gasteiger partial charge in [0.05, 0.1) is 0 Å². The topological polar surface area (TPSA) is 29.3 Å². The van der Waals surface area contributed by atoms with Gasteiger partial charge in [-0.15, -0.1) is 0 Å². The molecule has 1 aliphatic heterocycles. The molecule has 0 aliphatic carbocycles. The Morgan fingerprint density at radius 3 is 2.50 bits per heavy atom. The van der Waals surface area contributed by atoms with E-state index in [1.54, 1.807) is 0 Å². The van der Waals surface area contributed by atoms with Gasteiger partial charge in [0, 0.05) is 30.7 Å². The molecule has 0 aromatic heterocycles. The van der Waals surface area contributed by atoms with E-state index >= 15 is 0 Å². The predicted octanol–water partition coefficient (Wildman–Crippen LogP) is 3.70. The van der Waals surface area contributed by atoms with Crippen molar-refractivity contribution in [3.8, 4) is 0 Å². The Balaban J connectivity index is 1.81. The van der Waals surface area contributed by atoms with Gasteiger partial charge < -0.3 is 10.6 Å². The standard InChI is InChI=1S/C18H22N2/c1-14(19)17-9-5-6-10-18(17)20-12-11-16(13-20)15-7-3-2-4-8-15/h2-10,14,16H,11-13,19H2,1H3. The minimum Gasteiger partial charge on any atom is -0.371 e. The van der Waals surface area contributed by atoms with Crippen molar-refractivity contribution in [2.75, 3.05) is 18.0 Å². The van der Waals surface area contributed by atoms with Gasteiger partial charge in [-0.1, -0.05) is 48.5 Å². The second kappa shape index (κ2) is 5.68. The number of hydrogen-bond acceptors (Lipinski definition) is 2. The predicted molar refractivity (Wildman–Crippen MR) is 85.1 cm³/mol. The van der Waals surface area contributed by atoms with E-state index in [9.17, 15) is 0 Å². The van der Waals surface area contributed by atoms with Gasteiger partial charge in [0.15, 0.2) is 0 Å². The van der Waals surface area contributed by atoms with E-state index in [4.69, 9.17) is 5.73 Å². The number of benzene rings is 2. The van der Waals surface area contributed by atoms with E-state index < -0.39 is 0 Å². The molecule has 1 heterocycles. The monoisotopic (exact) mass is 266 g/mol. The smallest absolute Gasteiger partial charge is 0.0414 e. The van der Waals surface area contributed by atoms with Crippen LogP contribution in [0.15, 0.2) is 54.6 Å². The fourth-order valence-electron chi connectivity index (χ4n) is 3.14. The first-order chi connectivity index (χ1) is 9.75. The Morgan fingerprint density at radius 2 is 1.75 bits per heavy atom. The summed E-state index contributed by atoms with van der Waals surface area (Å²) >= 11 is 0. The Labute approximate surface area is 121 Å². The molecular weight excluding hydrogens is 244 g/mol. The van der Waals surface area contributed by atoms with Crippen LogP contribution in [0.1, 0.15) is 36.4 Å². The van der Waals surface area contributed by atoms with E-state index in [0.29, 0.717) is 5.92 Å². The first kappa shape index (κ1) is 13.2. The highest BCUT2D eigenvalue weighted by Crippen LogP contribution is 2.33. The first-order valence-corrected chi connectivity index (χ1v) is 7.40. The van der Waals surface area contributed by atoms with Gasteiger partial charge in [0.1, 0.15) is 0 Å². The third kappa shape index (κ3) is 2.56. The quantitative estimate of drug-likeness (QED) is 0.918. The molecule has 0 saturated carbocycles. The first-order valence-electron chi connectivity index (χ1n) is 7.40. The molecule has 0 radical (unpaired) electrons. The van der Waals surface area contributed by atoms with Crippen molar-refractivity contribution in [3.05, 3.63) is 65.7 Å². The number of hydrogen-bond donors (Lipinski definition) is 1. The van der Waals surface area contributed by atoms with Crippen LogP contribution in [-0.4, -0.2) is 13.1 Å². The van der Waals surface area contributed by atoms with Crippen LogP contribution in [0.25, 0.3) is 0 Å². The van der Waals surface area contributed by atoms with Crippen LogP contribution >= 0.6 is 0 Å². The van der Waals surface area contributed by atoms with Gasteiger partial charge in [-0.25, -0.2) is 0 Å². The van der Waals surface area contributed by atoms with Gasteiger partial charge in [0.25, 0.3) is 0 Å². The van der Waals surface area contributed by atoms with Crippen molar-refractivity contribution in [3.63, 3.8) is 0 Å². The Kier molecular flexibility index (Phi) is 3.75. The lowest BCUT2D eigenvalue weighted by Crippen LogP contribution is -2.22. The van der Waals surface area contributed by atoms with Crippen molar-refractivity contribution in [1.29, 1.82) is 0 Å². The molecule has 1 saturated heterocycles. The maximum atomic E-state index is 6.10. The zero-order valence-electron chi connectivity index (χ0n) is 12.0. The van der Waals surface area contributed by atoms with Crippen molar-refractivity contribution in [2.45, 2.75) is 25.3 Å². The third-order valence-corrected chi connectivity index (χ3v) is 4.23. The highest BCUT2D eigenvalue weighted by Gasteiger charge is 2.25. The molecule has 2 heteroatoms. The van der Waals surface area contributed by atoms with Crippen molar-refractivity contribution >= 4 is 5.69 Å². The summed E-state index contributed by atoms with van der Waals surface area (Å²) in [7, 11) is 0. The molecule has 2 aromatic carbocycles. The lowest BCUT2D eigenvalue weighted by molar-refractivity contribution is 0.772. The summed E-state index contributed by atoms with van der Waals surface area (Å²) in [5.74, 6) is 0.636. The van der Waals surface area contributed by atoms with Gasteiger partial charge in [0.2, 0.25) is 0 Å². The minimum atomic E-state index is 0.0852. The molecule has 0 amide bonds. The average molecular weight is 266 g/mol. The highest BCUT2D eigenvalue weighted by molar-refractivity contribution is 5.56. The van der Waals surface area contributed by atoms with Crippen molar-refractivity contribution in [1.82, 2.24) is 0 Å². The van der Waals surface area contributed by atoms with E-state index in [1.807, 2.05) is 0 Å². The zero-order chi connectivity index (χ0) is 13.9. The van der Waals surface area contributed by atoms with Crippen molar-refractivity contribution in [2.24, 2.45) is 5.73 Å². The summed E-state index contributed by atoms with van der Waals surface area (Å²) in [4.78, 5) is 2.48. The van der Waals surface area contributed by atoms with Crippen LogP contribution in [0, 0.1) is 0 Å².